The molecule has 0 spiro atoms. The van der Waals surface area contributed by atoms with E-state index in [1.54, 1.807) is 10.8 Å². The number of rotatable bonds is 11. The molecule has 0 radical (unpaired) electrons. The molecule has 14 bridgehead atoms. The lowest BCUT2D eigenvalue weighted by Gasteiger charge is -2.50. The average molecular weight is 1240 g/mol. The third-order valence-corrected chi connectivity index (χ3v) is 16.4. The largest absolute Gasteiger partial charge is 0.394 e. The first-order valence-electron chi connectivity index (χ1n) is 27.7. The minimum absolute atomic E-state index is 0.0393. The van der Waals surface area contributed by atoms with Gasteiger partial charge in [0.15, 0.2) is 44.0 Å². The van der Waals surface area contributed by atoms with Gasteiger partial charge in [-0.1, -0.05) is 0 Å². The average Bonchev–Trinajstić information content (AvgIpc) is 2.95. The van der Waals surface area contributed by atoms with E-state index in [0.29, 0.717) is 12.1 Å². The quantitative estimate of drug-likeness (QED) is 0.0978. The van der Waals surface area contributed by atoms with E-state index in [9.17, 15) is 102 Å². The maximum Gasteiger partial charge on any atom is 0.187 e. The Kier molecular flexibility index (Phi) is 22.9. The molecule has 0 aliphatic carbocycles. The van der Waals surface area contributed by atoms with Gasteiger partial charge in [-0.15, -0.1) is 0 Å². The lowest BCUT2D eigenvalue weighted by Crippen LogP contribution is -2.68. The van der Waals surface area contributed by atoms with Crippen LogP contribution >= 0.6 is 0 Å². The van der Waals surface area contributed by atoms with Gasteiger partial charge in [0.25, 0.3) is 0 Å². The van der Waals surface area contributed by atoms with Crippen molar-refractivity contribution in [1.29, 1.82) is 0 Å². The summed E-state index contributed by atoms with van der Waals surface area (Å²) >= 11 is 0. The van der Waals surface area contributed by atoms with Crippen LogP contribution in [0.15, 0.2) is 12.5 Å². The first-order valence-corrected chi connectivity index (χ1v) is 27.7. The van der Waals surface area contributed by atoms with Crippen LogP contribution in [0.1, 0.15) is 12.1 Å². The van der Waals surface area contributed by atoms with E-state index < -0.39 is 255 Å². The van der Waals surface area contributed by atoms with E-state index in [0.717, 1.165) is 0 Å². The first kappa shape index (κ1) is 67.2. The monoisotopic (exact) mass is 1240 g/mol. The molecule has 21 aliphatic rings. The number of hydrogen-bond donors (Lipinski definition) is 21. The number of aliphatic hydroxyl groups is 20. The van der Waals surface area contributed by atoms with Crippen molar-refractivity contribution in [3.8, 4) is 0 Å². The Labute approximate surface area is 481 Å². The van der Waals surface area contributed by atoms with Crippen LogP contribution in [-0.4, -0.2) is 373 Å². The molecule has 22 rings (SSSR count). The summed E-state index contributed by atoms with van der Waals surface area (Å²) < 4.78 is 83.1. The molecular weight excluding hydrogens is 1160 g/mol. The number of ether oxygens (including phenoxy) is 14. The molecule has 21 saturated heterocycles. The highest BCUT2D eigenvalue weighted by Crippen LogP contribution is 2.39. The molecule has 1 aromatic rings. The minimum atomic E-state index is -2.21. The van der Waals surface area contributed by atoms with Gasteiger partial charge in [0.05, 0.1) is 57.8 Å². The third-order valence-electron chi connectivity index (χ3n) is 16.4. The molecule has 22 heterocycles. The molecule has 35 atom stereocenters. The molecule has 0 unspecified atom stereocenters. The normalized spacial score (nSPS) is 51.3. The van der Waals surface area contributed by atoms with Gasteiger partial charge < -0.3 is 179 Å². The molecule has 0 aromatic carbocycles. The number of aliphatic hydroxyl groups excluding tert-OH is 20. The van der Waals surface area contributed by atoms with E-state index in [1.807, 2.05) is 0 Å². The van der Waals surface area contributed by atoms with Crippen molar-refractivity contribution in [2.24, 2.45) is 5.73 Å². The zero-order chi connectivity index (χ0) is 61.5. The Bertz CT molecular complexity index is 2200. The minimum Gasteiger partial charge on any atom is -0.394 e. The maximum atomic E-state index is 11.8. The number of imidazole rings is 1. The second-order valence-corrected chi connectivity index (χ2v) is 21.9. The van der Waals surface area contributed by atoms with Crippen LogP contribution in [-0.2, 0) is 79.3 Å². The Morgan fingerprint density at radius 3 is 0.741 bits per heavy atom. The topological polar surface area (TPSA) is 578 Å². The Hall–Kier alpha value is -2.19. The van der Waals surface area contributed by atoms with Crippen molar-refractivity contribution in [2.75, 3.05) is 46.2 Å². The molecule has 22 N–H and O–H groups in total. The van der Waals surface area contributed by atoms with Gasteiger partial charge in [-0.25, -0.2) is 4.98 Å². The van der Waals surface area contributed by atoms with E-state index in [-0.39, 0.29) is 19.5 Å². The van der Waals surface area contributed by atoms with Crippen LogP contribution in [0.3, 0.4) is 0 Å². The Balaban J connectivity index is 1.01. The van der Waals surface area contributed by atoms with Crippen LogP contribution in [0.25, 0.3) is 0 Å². The fourth-order valence-electron chi connectivity index (χ4n) is 11.6. The molecule has 1 aromatic heterocycles. The van der Waals surface area contributed by atoms with Crippen molar-refractivity contribution < 1.29 is 168 Å². The van der Waals surface area contributed by atoms with Crippen molar-refractivity contribution >= 4 is 0 Å². The smallest absolute Gasteiger partial charge is 0.187 e. The standard InChI is InChI=1S/C48H79N3O34/c49-3-1-13-5-51(12-50-13)4-2-14-35-21(58)28(65)42(72-14)80-36-15(6-52)74-44(30(67)23(36)60)82-38-17(8-54)76-46(32(69)25(38)62)84-40-19(10-56)78-48(34(71)27(40)64)85-41-20(11-57)77-47(33(70)26(41)63)83-39-18(9-55)75-45(31(68)24(39)61)81-37-16(7-53)73-43(79-35)29(66)22(37)59/h5,12,14-48,52-71H,1-4,6-11,49H2/t14-,15-,16-,17-,18-,19-,20-,21-,22-,23-,24-,25-,26-,27-,28-,29-,30-,31-,32-,33-,34-,35-,36-,37-,38-,39-,40-,41-,42-,43-,44-,45-,46-,47-,48-/m1/s1. The number of hydrogen-bond acceptors (Lipinski definition) is 36. The zero-order valence-corrected chi connectivity index (χ0v) is 45.1. The number of aromatic nitrogens is 2. The zero-order valence-electron chi connectivity index (χ0n) is 45.1. The summed E-state index contributed by atoms with van der Waals surface area (Å²) in [5, 5.41) is 224. The fraction of sp³-hybridized carbons (Fsp3) is 0.938. The van der Waals surface area contributed by atoms with Gasteiger partial charge in [-0.05, 0) is 13.0 Å². The highest BCUT2D eigenvalue weighted by Gasteiger charge is 2.59. The fourth-order valence-corrected chi connectivity index (χ4v) is 11.6. The second kappa shape index (κ2) is 29.0. The van der Waals surface area contributed by atoms with Crippen LogP contribution < -0.4 is 5.73 Å². The molecular formula is C48H79N3O34. The van der Waals surface area contributed by atoms with Gasteiger partial charge in [-0.2, -0.15) is 0 Å². The van der Waals surface area contributed by atoms with Gasteiger partial charge in [0, 0.05) is 19.2 Å². The third kappa shape index (κ3) is 13.7. The highest BCUT2D eigenvalue weighted by molar-refractivity contribution is 5.03. The molecule has 85 heavy (non-hydrogen) atoms. The van der Waals surface area contributed by atoms with E-state index in [2.05, 4.69) is 4.98 Å². The van der Waals surface area contributed by atoms with Gasteiger partial charge in [0.2, 0.25) is 0 Å². The highest BCUT2D eigenvalue weighted by atomic mass is 16.8. The lowest BCUT2D eigenvalue weighted by atomic mass is 9.94. The summed E-state index contributed by atoms with van der Waals surface area (Å²) in [6, 6.07) is 0. The molecule has 490 valence electrons. The van der Waals surface area contributed by atoms with Crippen LogP contribution in [0.5, 0.6) is 0 Å². The summed E-state index contributed by atoms with van der Waals surface area (Å²) in [6.07, 6.45) is -66.0. The van der Waals surface area contributed by atoms with E-state index in [1.165, 1.54) is 6.33 Å². The number of aryl methyl sites for hydroxylation is 1. The summed E-state index contributed by atoms with van der Waals surface area (Å²) in [4.78, 5) is 4.28. The van der Waals surface area contributed by atoms with Crippen LogP contribution in [0.2, 0.25) is 0 Å². The number of nitrogens with two attached hydrogens (primary N) is 1. The van der Waals surface area contributed by atoms with Crippen LogP contribution in [0, 0.1) is 0 Å². The lowest BCUT2D eigenvalue weighted by molar-refractivity contribution is -0.396. The van der Waals surface area contributed by atoms with Crippen molar-refractivity contribution in [1.82, 2.24) is 9.55 Å². The summed E-state index contributed by atoms with van der Waals surface area (Å²) in [6.45, 7) is -5.92. The van der Waals surface area contributed by atoms with Gasteiger partial charge in [-0.3, -0.25) is 0 Å². The maximum absolute atomic E-state index is 11.8. The predicted molar refractivity (Wildman–Crippen MR) is 261 cm³/mol. The Morgan fingerprint density at radius 1 is 0.318 bits per heavy atom. The SMILES string of the molecule is NCCc1cn(CC[C@H]2O[C@@H]3O[C@H]4[C@H](O)[C@@H](O)[C@@H](O[C@H]5[C@H](O)[C@@H](O)[C@@H](O[C@H]6[C@H](O)[C@@H](O)[C@@H](O[C@H]7[C@H](O)[C@@H](O)[C@@H](O[C@H]8[C@H](O)[C@@H](O)[C@@H](O[C@H]9[C@H](O)[C@@H](O)[C@@H](O[C@H]2[C@H](O)[C@H]3O)O[C@@H]9CO)O[C@@H]8CO)O[C@@H]7CO)O[C@@H]6CO)O[C@@H]5CO)O[C@@H]4CO)cn1. The van der Waals surface area contributed by atoms with Crippen molar-refractivity contribution in [2.45, 2.75) is 234 Å². The number of nitrogens with zero attached hydrogens (tertiary/aromatic N) is 2. The first-order chi connectivity index (χ1) is 40.6. The molecule has 37 heteroatoms. The van der Waals surface area contributed by atoms with E-state index >= 15 is 0 Å². The van der Waals surface area contributed by atoms with Gasteiger partial charge in [0.1, 0.15) is 165 Å². The van der Waals surface area contributed by atoms with Gasteiger partial charge >= 0.3 is 0 Å². The van der Waals surface area contributed by atoms with E-state index in [4.69, 9.17) is 72.0 Å². The molecule has 0 saturated carbocycles. The summed E-state index contributed by atoms with van der Waals surface area (Å²) in [7, 11) is 0. The van der Waals surface area contributed by atoms with Crippen LogP contribution in [0.4, 0.5) is 0 Å². The second-order valence-electron chi connectivity index (χ2n) is 21.9. The predicted octanol–water partition coefficient (Wildman–Crippen LogP) is -14.4. The summed E-state index contributed by atoms with van der Waals surface area (Å²) in [5.74, 6) is 0. The molecule has 21 fully saturated rings. The Morgan fingerprint density at radius 2 is 0.529 bits per heavy atom. The van der Waals surface area contributed by atoms with Crippen molar-refractivity contribution in [3.63, 3.8) is 0 Å². The summed E-state index contributed by atoms with van der Waals surface area (Å²) in [5.41, 5.74) is 6.30. The van der Waals surface area contributed by atoms with Crippen molar-refractivity contribution in [3.05, 3.63) is 18.2 Å². The molecule has 21 aliphatic heterocycles. The molecule has 0 amide bonds. The molecule has 37 nitrogen and oxygen atoms in total.